The Bertz CT molecular complexity index is 773. The molecule has 1 aliphatic carbocycles. The van der Waals surface area contributed by atoms with Crippen LogP contribution in [0.4, 0.5) is 0 Å². The maximum atomic E-state index is 6.24. The number of thioether (sulfide) groups is 1. The maximum Gasteiger partial charge on any atom is 0.0946 e. The molecule has 0 spiro atoms. The minimum absolute atomic E-state index is 0.347. The van der Waals surface area contributed by atoms with Crippen molar-refractivity contribution in [2.75, 3.05) is 25.2 Å². The number of rotatable bonds is 6. The van der Waals surface area contributed by atoms with E-state index < -0.39 is 0 Å². The predicted octanol–water partition coefficient (Wildman–Crippen LogP) is 4.77. The summed E-state index contributed by atoms with van der Waals surface area (Å²) in [4.78, 5) is 7.38. The number of nitrogens with zero attached hydrogens (tertiary/aromatic N) is 3. The fourth-order valence-electron chi connectivity index (χ4n) is 4.93. The maximum absolute atomic E-state index is 6.24. The van der Waals surface area contributed by atoms with Crippen molar-refractivity contribution < 1.29 is 4.74 Å². The van der Waals surface area contributed by atoms with Crippen LogP contribution in [0.3, 0.4) is 0 Å². The van der Waals surface area contributed by atoms with Gasteiger partial charge in [0, 0.05) is 48.6 Å². The quantitative estimate of drug-likeness (QED) is 0.656. The lowest BCUT2D eigenvalue weighted by Crippen LogP contribution is -2.56. The van der Waals surface area contributed by atoms with Crippen LogP contribution in [0.5, 0.6) is 0 Å². The Labute approximate surface area is 184 Å². The van der Waals surface area contributed by atoms with E-state index in [1.807, 2.05) is 30.2 Å². The minimum atomic E-state index is 0.347. The summed E-state index contributed by atoms with van der Waals surface area (Å²) in [6.45, 7) is 1.88. The third-order valence-electron chi connectivity index (χ3n) is 6.45. The molecule has 158 valence electrons. The van der Waals surface area contributed by atoms with Gasteiger partial charge in [0.15, 0.2) is 0 Å². The summed E-state index contributed by atoms with van der Waals surface area (Å²) in [7, 11) is 2.06. The first-order chi connectivity index (χ1) is 14.1. The lowest BCUT2D eigenvalue weighted by atomic mass is 9.82. The molecule has 1 aromatic carbocycles. The lowest BCUT2D eigenvalue weighted by Gasteiger charge is -2.46. The number of aryl methyl sites for hydroxylation is 1. The second-order valence-electron chi connectivity index (χ2n) is 8.56. The molecule has 2 aliphatic rings. The Morgan fingerprint density at radius 2 is 1.93 bits per heavy atom. The Morgan fingerprint density at radius 3 is 2.59 bits per heavy atom. The van der Waals surface area contributed by atoms with Gasteiger partial charge in [-0.2, -0.15) is 11.8 Å². The van der Waals surface area contributed by atoms with Crippen LogP contribution in [0.15, 0.2) is 36.8 Å². The fourth-order valence-corrected chi connectivity index (χ4v) is 5.63. The Balaban J connectivity index is 1.42. The molecule has 1 aliphatic heterocycles. The van der Waals surface area contributed by atoms with Crippen molar-refractivity contribution in [1.29, 1.82) is 0 Å². The van der Waals surface area contributed by atoms with Gasteiger partial charge in [-0.1, -0.05) is 23.7 Å². The van der Waals surface area contributed by atoms with Gasteiger partial charge in [-0.15, -0.1) is 0 Å². The monoisotopic (exact) mass is 433 g/mol. The molecule has 29 heavy (non-hydrogen) atoms. The van der Waals surface area contributed by atoms with Crippen LogP contribution in [0.1, 0.15) is 42.9 Å². The molecule has 4 rings (SSSR count). The first-order valence-corrected chi connectivity index (χ1v) is 12.5. The van der Waals surface area contributed by atoms with Crippen molar-refractivity contribution in [3.8, 4) is 0 Å². The van der Waals surface area contributed by atoms with E-state index in [0.717, 1.165) is 30.3 Å². The second-order valence-corrected chi connectivity index (χ2v) is 9.91. The Kier molecular flexibility index (Phi) is 7.22. The molecule has 4 nitrogen and oxygen atoms in total. The molecule has 2 fully saturated rings. The highest BCUT2D eigenvalue weighted by atomic mass is 35.5. The molecule has 1 saturated carbocycles. The van der Waals surface area contributed by atoms with Crippen molar-refractivity contribution in [2.24, 2.45) is 7.05 Å². The summed E-state index contributed by atoms with van der Waals surface area (Å²) < 4.78 is 8.31. The summed E-state index contributed by atoms with van der Waals surface area (Å²) in [6.07, 6.45) is 12.7. The van der Waals surface area contributed by atoms with Crippen LogP contribution < -0.4 is 0 Å². The average Bonchev–Trinajstić information content (AvgIpc) is 3.17. The molecule has 2 unspecified atom stereocenters. The van der Waals surface area contributed by atoms with Crippen LogP contribution in [0, 0.1) is 0 Å². The third kappa shape index (κ3) is 5.38. The van der Waals surface area contributed by atoms with Gasteiger partial charge in [0.2, 0.25) is 0 Å². The van der Waals surface area contributed by atoms with Gasteiger partial charge in [0.1, 0.15) is 0 Å². The molecule has 2 atom stereocenters. The van der Waals surface area contributed by atoms with Gasteiger partial charge in [-0.3, -0.25) is 4.90 Å². The van der Waals surface area contributed by atoms with E-state index in [2.05, 4.69) is 46.1 Å². The smallest absolute Gasteiger partial charge is 0.0946 e. The first kappa shape index (κ1) is 21.2. The number of halogens is 1. The van der Waals surface area contributed by atoms with Crippen molar-refractivity contribution >= 4 is 23.4 Å². The molecular formula is C23H32ClN3OS. The average molecular weight is 434 g/mol. The summed E-state index contributed by atoms with van der Waals surface area (Å²) in [6, 6.07) is 9.42. The van der Waals surface area contributed by atoms with Gasteiger partial charge < -0.3 is 9.30 Å². The summed E-state index contributed by atoms with van der Waals surface area (Å²) in [5.41, 5.74) is 2.62. The minimum Gasteiger partial charge on any atom is -0.374 e. The fraction of sp³-hybridized carbons (Fsp3) is 0.609. The number of imidazole rings is 1. The second kappa shape index (κ2) is 9.86. The number of morpholine rings is 1. The predicted molar refractivity (Wildman–Crippen MR) is 122 cm³/mol. The van der Waals surface area contributed by atoms with Crippen molar-refractivity contribution in [3.05, 3.63) is 53.1 Å². The zero-order valence-electron chi connectivity index (χ0n) is 17.5. The molecule has 0 bridgehead atoms. The van der Waals surface area contributed by atoms with Gasteiger partial charge >= 0.3 is 0 Å². The number of aromatic nitrogens is 2. The molecule has 1 aromatic heterocycles. The van der Waals surface area contributed by atoms with E-state index in [4.69, 9.17) is 16.3 Å². The van der Waals surface area contributed by atoms with Gasteiger partial charge in [0.25, 0.3) is 0 Å². The van der Waals surface area contributed by atoms with E-state index >= 15 is 0 Å². The molecule has 0 amide bonds. The zero-order chi connectivity index (χ0) is 20.2. The molecule has 1 saturated heterocycles. The van der Waals surface area contributed by atoms with Crippen molar-refractivity contribution in [2.45, 2.75) is 56.2 Å². The molecule has 0 radical (unpaired) electrons. The number of ether oxygens (including phenoxy) is 1. The highest BCUT2D eigenvalue weighted by Crippen LogP contribution is 2.36. The zero-order valence-corrected chi connectivity index (χ0v) is 19.0. The van der Waals surface area contributed by atoms with Crippen LogP contribution in [-0.2, 0) is 18.2 Å². The van der Waals surface area contributed by atoms with Crippen LogP contribution in [-0.4, -0.2) is 57.8 Å². The van der Waals surface area contributed by atoms with E-state index in [-0.39, 0.29) is 0 Å². The van der Waals surface area contributed by atoms with Crippen LogP contribution in [0.2, 0.25) is 5.02 Å². The summed E-state index contributed by atoms with van der Waals surface area (Å²) in [5, 5.41) is 0.804. The molecular weight excluding hydrogens is 402 g/mol. The largest absolute Gasteiger partial charge is 0.374 e. The number of hydrogen-bond acceptors (Lipinski definition) is 4. The van der Waals surface area contributed by atoms with Crippen LogP contribution >= 0.6 is 23.4 Å². The highest BCUT2D eigenvalue weighted by molar-refractivity contribution is 7.98. The Hall–Kier alpha value is -1.01. The van der Waals surface area contributed by atoms with Crippen molar-refractivity contribution in [1.82, 2.24) is 14.5 Å². The van der Waals surface area contributed by atoms with Gasteiger partial charge in [-0.05, 0) is 56.1 Å². The van der Waals surface area contributed by atoms with E-state index in [0.29, 0.717) is 24.1 Å². The molecule has 0 N–H and O–H groups in total. The summed E-state index contributed by atoms with van der Waals surface area (Å²) >= 11 is 7.97. The summed E-state index contributed by atoms with van der Waals surface area (Å²) in [5.74, 6) is 1.69. The number of hydrogen-bond donors (Lipinski definition) is 0. The van der Waals surface area contributed by atoms with E-state index in [1.165, 1.54) is 36.9 Å². The topological polar surface area (TPSA) is 30.3 Å². The molecule has 2 heterocycles. The molecule has 2 aromatic rings. The normalized spacial score (nSPS) is 28.5. The third-order valence-corrected chi connectivity index (χ3v) is 7.41. The standard InChI is InChI=1S/C23H32ClN3OS/c1-26-13-23(25-16-26)18-5-9-20(10-6-18)27-12-22(15-29-2)28-14-21(27)11-17-3-7-19(24)8-4-17/h3-4,7-8,13,16,18,20-22H,5-6,9-12,14-15H2,1-2H3. The number of benzene rings is 1. The molecule has 6 heteroatoms. The van der Waals surface area contributed by atoms with E-state index in [1.54, 1.807) is 0 Å². The Morgan fingerprint density at radius 1 is 1.17 bits per heavy atom. The highest BCUT2D eigenvalue weighted by Gasteiger charge is 2.36. The lowest BCUT2D eigenvalue weighted by molar-refractivity contribution is -0.0750. The van der Waals surface area contributed by atoms with Crippen molar-refractivity contribution in [3.63, 3.8) is 0 Å². The van der Waals surface area contributed by atoms with Gasteiger partial charge in [0.05, 0.1) is 24.7 Å². The SMILES string of the molecule is CSCC1CN(C2CCC(c3cn(C)cn3)CC2)C(Cc2ccc(Cl)cc2)CO1. The first-order valence-electron chi connectivity index (χ1n) is 10.7. The van der Waals surface area contributed by atoms with Gasteiger partial charge in [-0.25, -0.2) is 4.98 Å². The van der Waals surface area contributed by atoms with E-state index in [9.17, 15) is 0 Å². The van der Waals surface area contributed by atoms with Crippen LogP contribution in [0.25, 0.3) is 0 Å².